The van der Waals surface area contributed by atoms with Crippen LogP contribution in [0.4, 0.5) is 0 Å². The topological polar surface area (TPSA) is 30.5 Å². The van der Waals surface area contributed by atoms with E-state index >= 15 is 0 Å². The second-order valence-corrected chi connectivity index (χ2v) is 5.84. The lowest BCUT2D eigenvalue weighted by Gasteiger charge is -2.12. The minimum atomic E-state index is 0.583. The van der Waals surface area contributed by atoms with E-state index in [4.69, 9.17) is 9.47 Å². The maximum absolute atomic E-state index is 5.89. The number of ether oxygens (including phenoxy) is 2. The van der Waals surface area contributed by atoms with E-state index in [2.05, 4.69) is 34.3 Å². The maximum atomic E-state index is 5.89. The molecule has 4 heteroatoms. The Bertz CT molecular complexity index is 550. The number of nitrogens with one attached hydrogen (secondary N) is 1. The van der Waals surface area contributed by atoms with E-state index in [0.29, 0.717) is 12.6 Å². The first kappa shape index (κ1) is 13.5. The Morgan fingerprint density at radius 2 is 2.10 bits per heavy atom. The zero-order valence-corrected chi connectivity index (χ0v) is 12.4. The number of thiophene rings is 1. The smallest absolute Gasteiger partial charge is 0.161 e. The highest BCUT2D eigenvalue weighted by Gasteiger charge is 2.20. The Hall–Kier alpha value is -1.52. The fraction of sp³-hybridized carbons (Fsp3) is 0.375. The van der Waals surface area contributed by atoms with E-state index in [0.717, 1.165) is 18.0 Å². The highest BCUT2D eigenvalue weighted by atomic mass is 32.1. The molecule has 2 aromatic rings. The van der Waals surface area contributed by atoms with E-state index in [1.807, 2.05) is 6.07 Å². The SMILES string of the molecule is COc1ccc(CNC2CC2)cc1OCc1ccsc1. The molecule has 1 aromatic carbocycles. The van der Waals surface area contributed by atoms with Crippen LogP contribution in [-0.2, 0) is 13.2 Å². The molecule has 3 rings (SSSR count). The molecule has 20 heavy (non-hydrogen) atoms. The van der Waals surface area contributed by atoms with E-state index in [9.17, 15) is 0 Å². The van der Waals surface area contributed by atoms with Gasteiger partial charge in [0.1, 0.15) is 6.61 Å². The average Bonchev–Trinajstić information content (AvgIpc) is 3.17. The molecule has 0 saturated heterocycles. The van der Waals surface area contributed by atoms with Crippen LogP contribution in [0.1, 0.15) is 24.0 Å². The molecule has 3 nitrogen and oxygen atoms in total. The fourth-order valence-electron chi connectivity index (χ4n) is 2.03. The second-order valence-electron chi connectivity index (χ2n) is 5.06. The third-order valence-corrected chi connectivity index (χ3v) is 4.11. The van der Waals surface area contributed by atoms with E-state index < -0.39 is 0 Å². The first-order valence-electron chi connectivity index (χ1n) is 6.89. The highest BCUT2D eigenvalue weighted by Crippen LogP contribution is 2.29. The minimum absolute atomic E-state index is 0.583. The van der Waals surface area contributed by atoms with Gasteiger partial charge in [0, 0.05) is 12.6 Å². The Kier molecular flexibility index (Phi) is 4.23. The van der Waals surface area contributed by atoms with Crippen molar-refractivity contribution in [3.63, 3.8) is 0 Å². The summed E-state index contributed by atoms with van der Waals surface area (Å²) in [6.07, 6.45) is 2.61. The van der Waals surface area contributed by atoms with Crippen molar-refractivity contribution in [1.29, 1.82) is 0 Å². The molecule has 0 spiro atoms. The number of methoxy groups -OCH3 is 1. The molecular weight excluding hydrogens is 270 g/mol. The predicted molar refractivity (Wildman–Crippen MR) is 81.5 cm³/mol. The van der Waals surface area contributed by atoms with E-state index in [1.165, 1.54) is 24.0 Å². The summed E-state index contributed by atoms with van der Waals surface area (Å²) in [6.45, 7) is 1.48. The first-order chi connectivity index (χ1) is 9.85. The lowest BCUT2D eigenvalue weighted by Crippen LogP contribution is -2.15. The molecule has 0 radical (unpaired) electrons. The molecule has 1 saturated carbocycles. The number of rotatable bonds is 7. The molecule has 0 aliphatic heterocycles. The third kappa shape index (κ3) is 3.52. The summed E-state index contributed by atoms with van der Waals surface area (Å²) in [4.78, 5) is 0. The van der Waals surface area contributed by atoms with Gasteiger partial charge in [0.25, 0.3) is 0 Å². The van der Waals surface area contributed by atoms with Crippen molar-refractivity contribution in [3.8, 4) is 11.5 Å². The molecule has 1 fully saturated rings. The lowest BCUT2D eigenvalue weighted by atomic mass is 10.2. The molecule has 1 aliphatic rings. The Morgan fingerprint density at radius 3 is 2.80 bits per heavy atom. The summed E-state index contributed by atoms with van der Waals surface area (Å²) in [5.41, 5.74) is 2.43. The van der Waals surface area contributed by atoms with Gasteiger partial charge in [-0.1, -0.05) is 6.07 Å². The largest absolute Gasteiger partial charge is 0.493 e. The third-order valence-electron chi connectivity index (χ3n) is 3.37. The van der Waals surface area contributed by atoms with Crippen molar-refractivity contribution < 1.29 is 9.47 Å². The molecule has 1 aromatic heterocycles. The molecule has 1 aliphatic carbocycles. The minimum Gasteiger partial charge on any atom is -0.493 e. The van der Waals surface area contributed by atoms with Gasteiger partial charge in [0.05, 0.1) is 7.11 Å². The van der Waals surface area contributed by atoms with Gasteiger partial charge in [0.2, 0.25) is 0 Å². The standard InChI is InChI=1S/C16H19NO2S/c1-18-15-5-2-12(9-17-14-3-4-14)8-16(15)19-10-13-6-7-20-11-13/h2,5-8,11,14,17H,3-4,9-10H2,1H3. The van der Waals surface area contributed by atoms with Gasteiger partial charge in [-0.2, -0.15) is 11.3 Å². The summed E-state index contributed by atoms with van der Waals surface area (Å²) in [5.74, 6) is 1.60. The molecule has 1 heterocycles. The zero-order valence-electron chi connectivity index (χ0n) is 11.6. The second kappa shape index (κ2) is 6.29. The predicted octanol–water partition coefficient (Wildman–Crippen LogP) is 3.59. The van der Waals surface area contributed by atoms with Gasteiger partial charge < -0.3 is 14.8 Å². The molecule has 0 amide bonds. The quantitative estimate of drug-likeness (QED) is 0.845. The summed E-state index contributed by atoms with van der Waals surface area (Å²) in [5, 5.41) is 7.68. The van der Waals surface area contributed by atoms with Crippen LogP contribution in [0.5, 0.6) is 11.5 Å². The lowest BCUT2D eigenvalue weighted by molar-refractivity contribution is 0.284. The van der Waals surface area contributed by atoms with Crippen molar-refractivity contribution in [2.45, 2.75) is 32.0 Å². The van der Waals surface area contributed by atoms with E-state index in [-0.39, 0.29) is 0 Å². The first-order valence-corrected chi connectivity index (χ1v) is 7.83. The summed E-state index contributed by atoms with van der Waals surface area (Å²) in [7, 11) is 1.68. The number of benzene rings is 1. The highest BCUT2D eigenvalue weighted by molar-refractivity contribution is 7.07. The van der Waals surface area contributed by atoms with Crippen LogP contribution in [-0.4, -0.2) is 13.2 Å². The van der Waals surface area contributed by atoms with Crippen LogP contribution >= 0.6 is 11.3 Å². The van der Waals surface area contributed by atoms with Gasteiger partial charge in [-0.15, -0.1) is 0 Å². The van der Waals surface area contributed by atoms with Gasteiger partial charge in [-0.25, -0.2) is 0 Å². The number of hydrogen-bond acceptors (Lipinski definition) is 4. The molecule has 1 N–H and O–H groups in total. The van der Waals surface area contributed by atoms with Crippen molar-refractivity contribution in [3.05, 3.63) is 46.2 Å². The van der Waals surface area contributed by atoms with Crippen molar-refractivity contribution >= 4 is 11.3 Å². The average molecular weight is 289 g/mol. The van der Waals surface area contributed by atoms with Crippen molar-refractivity contribution in [2.75, 3.05) is 7.11 Å². The van der Waals surface area contributed by atoms with Gasteiger partial charge in [0.15, 0.2) is 11.5 Å². The van der Waals surface area contributed by atoms with Gasteiger partial charge >= 0.3 is 0 Å². The maximum Gasteiger partial charge on any atom is 0.161 e. The summed E-state index contributed by atoms with van der Waals surface area (Å²) >= 11 is 1.68. The Balaban J connectivity index is 1.66. The fourth-order valence-corrected chi connectivity index (χ4v) is 2.68. The van der Waals surface area contributed by atoms with Crippen LogP contribution in [0.3, 0.4) is 0 Å². The molecule has 0 unspecified atom stereocenters. The van der Waals surface area contributed by atoms with Gasteiger partial charge in [-0.3, -0.25) is 0 Å². The Labute approximate surface area is 123 Å². The summed E-state index contributed by atoms with van der Waals surface area (Å²) in [6, 6.07) is 8.93. The van der Waals surface area contributed by atoms with Crippen LogP contribution in [0.25, 0.3) is 0 Å². The monoisotopic (exact) mass is 289 g/mol. The number of hydrogen-bond donors (Lipinski definition) is 1. The van der Waals surface area contributed by atoms with Crippen LogP contribution in [0.15, 0.2) is 35.0 Å². The molecular formula is C16H19NO2S. The van der Waals surface area contributed by atoms with Crippen LogP contribution in [0.2, 0.25) is 0 Å². The normalized spacial score (nSPS) is 14.2. The van der Waals surface area contributed by atoms with E-state index in [1.54, 1.807) is 18.4 Å². The summed E-state index contributed by atoms with van der Waals surface area (Å²) < 4.78 is 11.3. The van der Waals surface area contributed by atoms with Gasteiger partial charge in [-0.05, 0) is 52.9 Å². The zero-order chi connectivity index (χ0) is 13.8. The van der Waals surface area contributed by atoms with Crippen molar-refractivity contribution in [2.24, 2.45) is 0 Å². The molecule has 106 valence electrons. The Morgan fingerprint density at radius 1 is 1.20 bits per heavy atom. The van der Waals surface area contributed by atoms with Crippen LogP contribution in [0, 0.1) is 0 Å². The molecule has 0 bridgehead atoms. The van der Waals surface area contributed by atoms with Crippen molar-refractivity contribution in [1.82, 2.24) is 5.32 Å². The van der Waals surface area contributed by atoms with Crippen LogP contribution < -0.4 is 14.8 Å². The molecule has 0 atom stereocenters.